The van der Waals surface area contributed by atoms with Crippen LogP contribution in [0.1, 0.15) is 16.7 Å². The Labute approximate surface area is 147 Å². The molecular weight excluding hydrogens is 320 g/mol. The van der Waals surface area contributed by atoms with E-state index < -0.39 is 0 Å². The molecule has 1 amide bonds. The van der Waals surface area contributed by atoms with Crippen molar-refractivity contribution in [3.8, 4) is 11.5 Å². The predicted molar refractivity (Wildman–Crippen MR) is 97.6 cm³/mol. The Kier molecular flexibility index (Phi) is 6.39. The number of anilines is 1. The molecule has 0 saturated carbocycles. The van der Waals surface area contributed by atoms with Crippen LogP contribution in [-0.4, -0.2) is 32.9 Å². The number of amides is 1. The summed E-state index contributed by atoms with van der Waals surface area (Å²) in [5.41, 5.74) is 3.69. The van der Waals surface area contributed by atoms with Crippen LogP contribution in [0.5, 0.6) is 11.5 Å². The molecule has 0 aliphatic heterocycles. The van der Waals surface area contributed by atoms with Gasteiger partial charge in [-0.1, -0.05) is 11.2 Å². The number of hydrogen-bond acceptors (Lipinski definition) is 5. The quantitative estimate of drug-likeness (QED) is 0.619. The third-order valence-electron chi connectivity index (χ3n) is 3.38. The monoisotopic (exact) mass is 342 g/mol. The lowest BCUT2D eigenvalue weighted by Gasteiger charge is -2.07. The first-order chi connectivity index (χ1) is 12.0. The summed E-state index contributed by atoms with van der Waals surface area (Å²) < 4.78 is 10.4. The van der Waals surface area contributed by atoms with E-state index in [0.717, 1.165) is 22.4 Å². The highest BCUT2D eigenvalue weighted by Gasteiger charge is 2.05. The lowest BCUT2D eigenvalue weighted by atomic mass is 10.1. The van der Waals surface area contributed by atoms with Crippen molar-refractivity contribution < 1.29 is 19.1 Å². The molecule has 0 radical (unpaired) electrons. The van der Waals surface area contributed by atoms with Crippen LogP contribution < -0.4 is 14.8 Å². The first kappa shape index (κ1) is 18.3. The van der Waals surface area contributed by atoms with Crippen LogP contribution in [0.4, 0.5) is 5.69 Å². The van der Waals surface area contributed by atoms with Gasteiger partial charge in [-0.2, -0.15) is 0 Å². The van der Waals surface area contributed by atoms with Crippen molar-refractivity contribution in [1.82, 2.24) is 0 Å². The molecular formula is C19H22N2O4. The molecule has 1 N–H and O–H groups in total. The number of nitrogens with zero attached hydrogens (tertiary/aromatic N) is 1. The lowest BCUT2D eigenvalue weighted by Crippen LogP contribution is -2.17. The van der Waals surface area contributed by atoms with Crippen LogP contribution in [-0.2, 0) is 9.63 Å². The van der Waals surface area contributed by atoms with Crippen molar-refractivity contribution in [3.05, 3.63) is 53.1 Å². The summed E-state index contributed by atoms with van der Waals surface area (Å²) in [5, 5.41) is 6.59. The van der Waals surface area contributed by atoms with Crippen LogP contribution >= 0.6 is 0 Å². The summed E-state index contributed by atoms with van der Waals surface area (Å²) in [5.74, 6) is 0.960. The Morgan fingerprint density at radius 3 is 2.36 bits per heavy atom. The number of methoxy groups -OCH3 is 2. The van der Waals surface area contributed by atoms with Gasteiger partial charge in [0.1, 0.15) is 0 Å². The van der Waals surface area contributed by atoms with E-state index in [0.29, 0.717) is 11.5 Å². The van der Waals surface area contributed by atoms with Gasteiger partial charge in [-0.3, -0.25) is 4.79 Å². The van der Waals surface area contributed by atoms with Gasteiger partial charge >= 0.3 is 0 Å². The van der Waals surface area contributed by atoms with Gasteiger partial charge < -0.3 is 19.6 Å². The second-order valence-electron chi connectivity index (χ2n) is 5.55. The van der Waals surface area contributed by atoms with E-state index in [1.165, 1.54) is 6.21 Å². The molecule has 2 rings (SSSR count). The van der Waals surface area contributed by atoms with E-state index >= 15 is 0 Å². The summed E-state index contributed by atoms with van der Waals surface area (Å²) in [7, 11) is 3.13. The topological polar surface area (TPSA) is 69.2 Å². The third kappa shape index (κ3) is 5.53. The molecule has 2 aromatic rings. The van der Waals surface area contributed by atoms with Gasteiger partial charge in [0, 0.05) is 11.3 Å². The maximum absolute atomic E-state index is 11.9. The molecule has 0 aliphatic rings. The maximum atomic E-state index is 11.9. The summed E-state index contributed by atoms with van der Waals surface area (Å²) in [6, 6.07) is 11.2. The van der Waals surface area contributed by atoms with Crippen molar-refractivity contribution in [2.24, 2.45) is 5.16 Å². The molecule has 2 aromatic carbocycles. The average molecular weight is 342 g/mol. The predicted octanol–water partition coefficient (Wildman–Crippen LogP) is 3.31. The molecule has 25 heavy (non-hydrogen) atoms. The third-order valence-corrected chi connectivity index (χ3v) is 3.38. The molecule has 0 fully saturated rings. The zero-order valence-electron chi connectivity index (χ0n) is 14.8. The van der Waals surface area contributed by atoms with Crippen LogP contribution in [0.2, 0.25) is 0 Å². The minimum absolute atomic E-state index is 0.170. The molecule has 0 spiro atoms. The van der Waals surface area contributed by atoms with E-state index in [9.17, 15) is 4.79 Å². The molecule has 0 atom stereocenters. The Hall–Kier alpha value is -3.02. The number of hydrogen-bond donors (Lipinski definition) is 1. The fraction of sp³-hybridized carbons (Fsp3) is 0.263. The Balaban J connectivity index is 1.87. The Morgan fingerprint density at radius 1 is 1.04 bits per heavy atom. The number of aryl methyl sites for hydroxylation is 2. The van der Waals surface area contributed by atoms with Gasteiger partial charge in [-0.05, 0) is 55.3 Å². The van der Waals surface area contributed by atoms with E-state index in [-0.39, 0.29) is 12.5 Å². The first-order valence-electron chi connectivity index (χ1n) is 7.77. The van der Waals surface area contributed by atoms with Crippen molar-refractivity contribution in [2.45, 2.75) is 13.8 Å². The van der Waals surface area contributed by atoms with Crippen molar-refractivity contribution in [1.29, 1.82) is 0 Å². The van der Waals surface area contributed by atoms with E-state index in [1.807, 2.05) is 38.1 Å². The van der Waals surface area contributed by atoms with Gasteiger partial charge in [0.15, 0.2) is 18.1 Å². The van der Waals surface area contributed by atoms with Gasteiger partial charge in [0.05, 0.1) is 20.4 Å². The van der Waals surface area contributed by atoms with Crippen LogP contribution in [0.15, 0.2) is 41.6 Å². The number of carbonyl (C=O) groups excluding carboxylic acids is 1. The fourth-order valence-corrected chi connectivity index (χ4v) is 2.37. The van der Waals surface area contributed by atoms with Crippen LogP contribution in [0, 0.1) is 13.8 Å². The number of rotatable bonds is 7. The standard InChI is InChI=1S/C19H22N2O4/c1-13-7-14(2)9-16(8-13)21-19(22)12-25-20-11-15-5-6-17(23-3)18(10-15)24-4/h5-11H,12H2,1-4H3,(H,21,22)/b20-11-. The second-order valence-corrected chi connectivity index (χ2v) is 5.55. The van der Waals surface area contributed by atoms with Crippen molar-refractivity contribution >= 4 is 17.8 Å². The molecule has 6 nitrogen and oxygen atoms in total. The molecule has 0 unspecified atom stereocenters. The highest BCUT2D eigenvalue weighted by molar-refractivity contribution is 5.92. The molecule has 0 saturated heterocycles. The van der Waals surface area contributed by atoms with Crippen LogP contribution in [0.25, 0.3) is 0 Å². The minimum atomic E-state index is -0.269. The number of nitrogens with one attached hydrogen (secondary N) is 1. The summed E-state index contributed by atoms with van der Waals surface area (Å²) >= 11 is 0. The molecule has 0 aromatic heterocycles. The van der Waals surface area contributed by atoms with Gasteiger partial charge in [-0.15, -0.1) is 0 Å². The molecule has 0 aliphatic carbocycles. The average Bonchev–Trinajstić information content (AvgIpc) is 2.57. The highest BCUT2D eigenvalue weighted by Crippen LogP contribution is 2.26. The molecule has 6 heteroatoms. The zero-order valence-corrected chi connectivity index (χ0v) is 14.8. The Bertz CT molecular complexity index is 752. The number of carbonyl (C=O) groups is 1. The summed E-state index contributed by atoms with van der Waals surface area (Å²) in [4.78, 5) is 16.9. The van der Waals surface area contributed by atoms with Crippen molar-refractivity contribution in [2.75, 3.05) is 26.1 Å². The largest absolute Gasteiger partial charge is 0.493 e. The van der Waals surface area contributed by atoms with Crippen molar-refractivity contribution in [3.63, 3.8) is 0 Å². The van der Waals surface area contributed by atoms with E-state index in [2.05, 4.69) is 10.5 Å². The molecule has 0 bridgehead atoms. The molecule has 0 heterocycles. The zero-order chi connectivity index (χ0) is 18.2. The number of benzene rings is 2. The van der Waals surface area contributed by atoms with Crippen LogP contribution in [0.3, 0.4) is 0 Å². The smallest absolute Gasteiger partial charge is 0.265 e. The number of ether oxygens (including phenoxy) is 2. The maximum Gasteiger partial charge on any atom is 0.265 e. The fourth-order valence-electron chi connectivity index (χ4n) is 2.37. The van der Waals surface area contributed by atoms with Gasteiger partial charge in [0.25, 0.3) is 5.91 Å². The highest BCUT2D eigenvalue weighted by atomic mass is 16.6. The van der Waals surface area contributed by atoms with Gasteiger partial charge in [-0.25, -0.2) is 0 Å². The normalized spacial score (nSPS) is 10.6. The minimum Gasteiger partial charge on any atom is -0.493 e. The second kappa shape index (κ2) is 8.73. The number of oxime groups is 1. The summed E-state index contributed by atoms with van der Waals surface area (Å²) in [6.45, 7) is 3.79. The van der Waals surface area contributed by atoms with E-state index in [1.54, 1.807) is 26.4 Å². The summed E-state index contributed by atoms with van der Waals surface area (Å²) in [6.07, 6.45) is 1.51. The van der Waals surface area contributed by atoms with Gasteiger partial charge in [0.2, 0.25) is 0 Å². The molecule has 132 valence electrons. The first-order valence-corrected chi connectivity index (χ1v) is 7.77. The van der Waals surface area contributed by atoms with E-state index in [4.69, 9.17) is 14.3 Å². The Morgan fingerprint density at radius 2 is 1.72 bits per heavy atom. The lowest BCUT2D eigenvalue weighted by molar-refractivity contribution is -0.120. The SMILES string of the molecule is COc1ccc(/C=N\OCC(=O)Nc2cc(C)cc(C)c2)cc1OC.